The van der Waals surface area contributed by atoms with Crippen molar-refractivity contribution >= 4 is 17.3 Å². The Balaban J connectivity index is 2.63. The van der Waals surface area contributed by atoms with Crippen LogP contribution in [0.1, 0.15) is 5.56 Å². The Hall–Kier alpha value is -1.16. The fourth-order valence-corrected chi connectivity index (χ4v) is 1.60. The van der Waals surface area contributed by atoms with Crippen molar-refractivity contribution in [3.63, 3.8) is 0 Å². The molecule has 0 amide bonds. The van der Waals surface area contributed by atoms with Gasteiger partial charge in [-0.3, -0.25) is 4.28 Å². The molecule has 0 aromatic heterocycles. The van der Waals surface area contributed by atoms with E-state index in [2.05, 4.69) is 9.44 Å². The second-order valence-corrected chi connectivity index (χ2v) is 3.14. The van der Waals surface area contributed by atoms with Crippen molar-refractivity contribution in [3.8, 4) is 0 Å². The van der Waals surface area contributed by atoms with Crippen LogP contribution in [0.3, 0.4) is 0 Å². The van der Waals surface area contributed by atoms with E-state index in [1.54, 1.807) is 12.3 Å². The van der Waals surface area contributed by atoms with Crippen molar-refractivity contribution in [3.05, 3.63) is 29.8 Å². The predicted octanol–water partition coefficient (Wildman–Crippen LogP) is 1.07. The molecule has 56 valence electrons. The highest BCUT2D eigenvalue weighted by molar-refractivity contribution is 7.80. The molecule has 1 heterocycles. The Kier molecular flexibility index (Phi) is 1.47. The van der Waals surface area contributed by atoms with Gasteiger partial charge in [-0.15, -0.1) is 0 Å². The third-order valence-electron chi connectivity index (χ3n) is 1.40. The zero-order chi connectivity index (χ0) is 7.68. The highest BCUT2D eigenvalue weighted by Crippen LogP contribution is 2.16. The average molecular weight is 167 g/mol. The van der Waals surface area contributed by atoms with Gasteiger partial charge in [0.2, 0.25) is 0 Å². The first-order chi connectivity index (χ1) is 5.38. The number of hydrogen-bond acceptors (Lipinski definition) is 3. The van der Waals surface area contributed by atoms with E-state index in [0.29, 0.717) is 4.90 Å². The first kappa shape index (κ1) is 6.54. The monoisotopic (exact) mass is 167 g/mol. The summed E-state index contributed by atoms with van der Waals surface area (Å²) in [4.78, 5) is 0.683. The minimum atomic E-state index is -1.41. The van der Waals surface area contributed by atoms with Gasteiger partial charge in [0.05, 0.1) is 11.1 Å². The van der Waals surface area contributed by atoms with Crippen LogP contribution in [0.5, 0.6) is 0 Å². The van der Waals surface area contributed by atoms with Gasteiger partial charge in [-0.2, -0.15) is 0 Å². The van der Waals surface area contributed by atoms with Crippen LogP contribution in [0, 0.1) is 0 Å². The number of fused-ring (bicyclic) bond motifs is 1. The summed E-state index contributed by atoms with van der Waals surface area (Å²) in [6, 6.07) is 7.29. The van der Waals surface area contributed by atoms with Gasteiger partial charge in [-0.25, -0.2) is 4.21 Å². The molecular formula is C7H5NO2S. The summed E-state index contributed by atoms with van der Waals surface area (Å²) >= 11 is -1.41. The third-order valence-corrected chi connectivity index (χ3v) is 2.35. The third kappa shape index (κ3) is 1.05. The zero-order valence-electron chi connectivity index (χ0n) is 5.56. The molecule has 1 aliphatic heterocycles. The Labute approximate surface area is 66.3 Å². The molecule has 0 bridgehead atoms. The van der Waals surface area contributed by atoms with E-state index in [9.17, 15) is 4.21 Å². The molecule has 0 aliphatic carbocycles. The highest BCUT2D eigenvalue weighted by Gasteiger charge is 2.12. The molecule has 1 atom stereocenters. The lowest BCUT2D eigenvalue weighted by molar-refractivity contribution is 0.372. The molecule has 0 radical (unpaired) electrons. The summed E-state index contributed by atoms with van der Waals surface area (Å²) in [5.41, 5.74) is 0.858. The number of hydrogen-bond donors (Lipinski definition) is 0. The Morgan fingerprint density at radius 3 is 3.00 bits per heavy atom. The number of benzene rings is 1. The SMILES string of the molecule is O=S1ON=Cc2ccccc21. The van der Waals surface area contributed by atoms with Crippen molar-refractivity contribution in [2.75, 3.05) is 0 Å². The molecule has 2 rings (SSSR count). The van der Waals surface area contributed by atoms with E-state index in [0.717, 1.165) is 5.56 Å². The van der Waals surface area contributed by atoms with Crippen LogP contribution in [-0.4, -0.2) is 10.4 Å². The summed E-state index contributed by atoms with van der Waals surface area (Å²) in [6.45, 7) is 0. The first-order valence-electron chi connectivity index (χ1n) is 3.09. The second-order valence-electron chi connectivity index (χ2n) is 2.08. The number of nitrogens with zero attached hydrogens (tertiary/aromatic N) is 1. The molecule has 0 N–H and O–H groups in total. The summed E-state index contributed by atoms with van der Waals surface area (Å²) in [5, 5.41) is 3.47. The summed E-state index contributed by atoms with van der Waals surface area (Å²) in [6.07, 6.45) is 1.55. The van der Waals surface area contributed by atoms with Crippen molar-refractivity contribution in [2.45, 2.75) is 4.90 Å². The van der Waals surface area contributed by atoms with Crippen LogP contribution in [0.4, 0.5) is 0 Å². The van der Waals surface area contributed by atoms with Crippen LogP contribution < -0.4 is 0 Å². The van der Waals surface area contributed by atoms with Crippen LogP contribution in [0.15, 0.2) is 34.3 Å². The van der Waals surface area contributed by atoms with Crippen LogP contribution in [0.2, 0.25) is 0 Å². The van der Waals surface area contributed by atoms with Gasteiger partial charge in [0.1, 0.15) is 0 Å². The van der Waals surface area contributed by atoms with Crippen molar-refractivity contribution < 1.29 is 8.49 Å². The maximum absolute atomic E-state index is 11.1. The smallest absolute Gasteiger partial charge is 0.265 e. The van der Waals surface area contributed by atoms with Crippen molar-refractivity contribution in [2.24, 2.45) is 5.16 Å². The quantitative estimate of drug-likeness (QED) is 0.579. The van der Waals surface area contributed by atoms with E-state index < -0.39 is 11.1 Å². The topological polar surface area (TPSA) is 38.7 Å². The molecule has 1 unspecified atom stereocenters. The standard InChI is InChI=1S/C7H5NO2S/c9-11-7-4-2-1-3-6(7)5-8-10-11/h1-5H. The van der Waals surface area contributed by atoms with E-state index in [1.165, 1.54) is 0 Å². The number of oxime groups is 1. The van der Waals surface area contributed by atoms with Crippen LogP contribution >= 0.6 is 0 Å². The highest BCUT2D eigenvalue weighted by atomic mass is 32.2. The molecule has 4 heteroatoms. The Bertz CT molecular complexity index is 335. The molecule has 0 saturated carbocycles. The van der Waals surface area contributed by atoms with Crippen molar-refractivity contribution in [1.29, 1.82) is 0 Å². The Morgan fingerprint density at radius 2 is 2.18 bits per heavy atom. The zero-order valence-corrected chi connectivity index (χ0v) is 6.38. The minimum absolute atomic E-state index is 0.683. The molecule has 3 nitrogen and oxygen atoms in total. The van der Waals surface area contributed by atoms with Gasteiger partial charge < -0.3 is 0 Å². The van der Waals surface area contributed by atoms with E-state index in [4.69, 9.17) is 0 Å². The summed E-state index contributed by atoms with van der Waals surface area (Å²) < 4.78 is 15.6. The minimum Gasteiger partial charge on any atom is -0.287 e. The maximum Gasteiger partial charge on any atom is 0.265 e. The van der Waals surface area contributed by atoms with E-state index in [-0.39, 0.29) is 0 Å². The molecule has 1 aromatic rings. The van der Waals surface area contributed by atoms with Gasteiger partial charge in [0.15, 0.2) is 0 Å². The molecule has 1 aliphatic rings. The van der Waals surface area contributed by atoms with Crippen LogP contribution in [0.25, 0.3) is 0 Å². The van der Waals surface area contributed by atoms with Crippen LogP contribution in [-0.2, 0) is 15.4 Å². The van der Waals surface area contributed by atoms with Crippen molar-refractivity contribution in [1.82, 2.24) is 0 Å². The summed E-state index contributed by atoms with van der Waals surface area (Å²) in [7, 11) is 0. The predicted molar refractivity (Wildman–Crippen MR) is 41.5 cm³/mol. The number of rotatable bonds is 0. The van der Waals surface area contributed by atoms with E-state index in [1.807, 2.05) is 18.2 Å². The first-order valence-corrected chi connectivity index (χ1v) is 4.17. The second kappa shape index (κ2) is 2.47. The lowest BCUT2D eigenvalue weighted by Gasteiger charge is -2.06. The largest absolute Gasteiger partial charge is 0.287 e. The molecule has 0 spiro atoms. The normalized spacial score (nSPS) is 20.5. The van der Waals surface area contributed by atoms with E-state index >= 15 is 0 Å². The molecule has 0 fully saturated rings. The van der Waals surface area contributed by atoms with Gasteiger partial charge in [0.25, 0.3) is 11.1 Å². The Morgan fingerprint density at radius 1 is 1.36 bits per heavy atom. The molecule has 11 heavy (non-hydrogen) atoms. The lowest BCUT2D eigenvalue weighted by atomic mass is 10.2. The average Bonchev–Trinajstić information content (AvgIpc) is 2.06. The fraction of sp³-hybridized carbons (Fsp3) is 0. The summed E-state index contributed by atoms with van der Waals surface area (Å²) in [5.74, 6) is 0. The molecular weight excluding hydrogens is 162 g/mol. The lowest BCUT2D eigenvalue weighted by Crippen LogP contribution is -2.03. The molecule has 0 saturated heterocycles. The molecule has 1 aromatic carbocycles. The van der Waals surface area contributed by atoms with Gasteiger partial charge in [-0.05, 0) is 6.07 Å². The van der Waals surface area contributed by atoms with Gasteiger partial charge in [0, 0.05) is 5.56 Å². The van der Waals surface area contributed by atoms with Gasteiger partial charge >= 0.3 is 0 Å². The van der Waals surface area contributed by atoms with Gasteiger partial charge in [-0.1, -0.05) is 23.4 Å². The fourth-order valence-electron chi connectivity index (χ4n) is 0.897. The maximum atomic E-state index is 11.1.